The van der Waals surface area contributed by atoms with Crippen LogP contribution >= 0.6 is 0 Å². The fourth-order valence-corrected chi connectivity index (χ4v) is 4.55. The molecule has 4 nitrogen and oxygen atoms in total. The van der Waals surface area contributed by atoms with E-state index in [9.17, 15) is 4.79 Å². The molecule has 130 valence electrons. The number of carbonyl (C=O) groups is 1. The minimum absolute atomic E-state index is 0.381. The van der Waals surface area contributed by atoms with Crippen molar-refractivity contribution in [2.75, 3.05) is 32.8 Å². The Kier molecular flexibility index (Phi) is 4.74. The van der Waals surface area contributed by atoms with Crippen LogP contribution in [-0.2, 0) is 11.2 Å². The van der Waals surface area contributed by atoms with Crippen LogP contribution in [0.2, 0.25) is 0 Å². The summed E-state index contributed by atoms with van der Waals surface area (Å²) in [6.07, 6.45) is 6.37. The van der Waals surface area contributed by atoms with Gasteiger partial charge in [0.15, 0.2) is 0 Å². The summed E-state index contributed by atoms with van der Waals surface area (Å²) in [5, 5.41) is 0. The van der Waals surface area contributed by atoms with Gasteiger partial charge in [-0.25, -0.2) is 0 Å². The number of rotatable bonds is 3. The van der Waals surface area contributed by atoms with Crippen molar-refractivity contribution >= 4 is 5.91 Å². The molecule has 1 atom stereocenters. The van der Waals surface area contributed by atoms with E-state index >= 15 is 0 Å². The van der Waals surface area contributed by atoms with Crippen molar-refractivity contribution in [3.63, 3.8) is 0 Å². The zero-order chi connectivity index (χ0) is 16.4. The van der Waals surface area contributed by atoms with E-state index in [-0.39, 0.29) is 0 Å². The van der Waals surface area contributed by atoms with Gasteiger partial charge in [-0.1, -0.05) is 18.2 Å². The summed E-state index contributed by atoms with van der Waals surface area (Å²) in [5.41, 5.74) is 1.36. The third-order valence-electron chi connectivity index (χ3n) is 5.89. The Labute approximate surface area is 144 Å². The first-order valence-electron chi connectivity index (χ1n) is 9.52. The van der Waals surface area contributed by atoms with Gasteiger partial charge < -0.3 is 14.5 Å². The van der Waals surface area contributed by atoms with Gasteiger partial charge in [-0.3, -0.25) is 4.79 Å². The van der Waals surface area contributed by atoms with E-state index in [4.69, 9.17) is 4.74 Å². The predicted molar refractivity (Wildman–Crippen MR) is 94.2 cm³/mol. The number of piperidine rings is 1. The molecule has 1 aromatic carbocycles. The number of carbonyl (C=O) groups excluding carboxylic acids is 1. The standard InChI is InChI=1S/C20H28N2O2/c23-20-6-3-10-22(20)18-7-11-21(12-8-18)15-16-9-13-24-19-5-2-1-4-17(19)14-16/h1-2,4-5,16,18H,3,6-15H2/t16-/m1/s1. The average molecular weight is 328 g/mol. The van der Waals surface area contributed by atoms with Gasteiger partial charge in [0.1, 0.15) is 5.75 Å². The molecule has 3 aliphatic heterocycles. The number of likely N-dealkylation sites (tertiary alicyclic amines) is 2. The van der Waals surface area contributed by atoms with Crippen LogP contribution in [0.15, 0.2) is 24.3 Å². The maximum Gasteiger partial charge on any atom is 0.222 e. The molecular formula is C20H28N2O2. The number of hydrogen-bond acceptors (Lipinski definition) is 3. The number of fused-ring (bicyclic) bond motifs is 1. The molecule has 0 spiro atoms. The highest BCUT2D eigenvalue weighted by Gasteiger charge is 2.31. The summed E-state index contributed by atoms with van der Waals surface area (Å²) < 4.78 is 5.90. The molecular weight excluding hydrogens is 300 g/mol. The molecule has 0 bridgehead atoms. The van der Waals surface area contributed by atoms with Crippen molar-refractivity contribution in [3.8, 4) is 5.75 Å². The van der Waals surface area contributed by atoms with E-state index in [2.05, 4.69) is 34.1 Å². The third kappa shape index (κ3) is 3.44. The Hall–Kier alpha value is -1.55. The largest absolute Gasteiger partial charge is 0.493 e. The molecule has 4 heteroatoms. The zero-order valence-corrected chi connectivity index (χ0v) is 14.5. The molecule has 3 aliphatic rings. The van der Waals surface area contributed by atoms with Gasteiger partial charge in [0, 0.05) is 38.6 Å². The van der Waals surface area contributed by atoms with Gasteiger partial charge in [0.05, 0.1) is 6.61 Å². The molecule has 0 aromatic heterocycles. The van der Waals surface area contributed by atoms with Gasteiger partial charge in [0.2, 0.25) is 5.91 Å². The Balaban J connectivity index is 1.30. The number of amides is 1. The molecule has 4 rings (SSSR count). The van der Waals surface area contributed by atoms with Crippen LogP contribution in [0.1, 0.15) is 37.7 Å². The second-order valence-corrected chi connectivity index (χ2v) is 7.54. The molecule has 0 unspecified atom stereocenters. The number of ether oxygens (including phenoxy) is 1. The maximum atomic E-state index is 11.9. The molecule has 0 N–H and O–H groups in total. The van der Waals surface area contributed by atoms with Crippen LogP contribution < -0.4 is 4.74 Å². The van der Waals surface area contributed by atoms with Crippen molar-refractivity contribution in [3.05, 3.63) is 29.8 Å². The van der Waals surface area contributed by atoms with Gasteiger partial charge in [0.25, 0.3) is 0 Å². The molecule has 3 heterocycles. The summed E-state index contributed by atoms with van der Waals surface area (Å²) in [6, 6.07) is 8.97. The van der Waals surface area contributed by atoms with Gasteiger partial charge in [-0.2, -0.15) is 0 Å². The molecule has 0 saturated carbocycles. The number of para-hydroxylation sites is 1. The van der Waals surface area contributed by atoms with Crippen LogP contribution in [-0.4, -0.2) is 54.5 Å². The first-order valence-corrected chi connectivity index (χ1v) is 9.52. The Morgan fingerprint density at radius 1 is 1.08 bits per heavy atom. The first-order chi connectivity index (χ1) is 11.8. The zero-order valence-electron chi connectivity index (χ0n) is 14.5. The normalized spacial score (nSPS) is 26.1. The lowest BCUT2D eigenvalue weighted by Crippen LogP contribution is -2.46. The quantitative estimate of drug-likeness (QED) is 0.855. The molecule has 0 radical (unpaired) electrons. The van der Waals surface area contributed by atoms with Crippen molar-refractivity contribution in [1.29, 1.82) is 0 Å². The number of hydrogen-bond donors (Lipinski definition) is 0. The highest BCUT2D eigenvalue weighted by Crippen LogP contribution is 2.28. The predicted octanol–water partition coefficient (Wildman–Crippen LogP) is 2.71. The molecule has 1 amide bonds. The monoisotopic (exact) mass is 328 g/mol. The lowest BCUT2D eigenvalue weighted by atomic mass is 9.95. The maximum absolute atomic E-state index is 11.9. The van der Waals surface area contributed by atoms with Crippen LogP contribution in [0.3, 0.4) is 0 Å². The van der Waals surface area contributed by atoms with Crippen LogP contribution in [0.5, 0.6) is 5.75 Å². The average Bonchev–Trinajstić information content (AvgIpc) is 2.92. The van der Waals surface area contributed by atoms with E-state index in [0.717, 1.165) is 70.5 Å². The molecule has 1 aromatic rings. The highest BCUT2D eigenvalue weighted by molar-refractivity contribution is 5.78. The molecule has 2 saturated heterocycles. The van der Waals surface area contributed by atoms with Crippen LogP contribution in [0, 0.1) is 5.92 Å². The minimum atomic E-state index is 0.381. The van der Waals surface area contributed by atoms with E-state index in [1.54, 1.807) is 0 Å². The lowest BCUT2D eigenvalue weighted by Gasteiger charge is -2.38. The fourth-order valence-electron chi connectivity index (χ4n) is 4.55. The Morgan fingerprint density at radius 3 is 2.71 bits per heavy atom. The van der Waals surface area contributed by atoms with E-state index in [0.29, 0.717) is 17.9 Å². The van der Waals surface area contributed by atoms with Gasteiger partial charge in [-0.15, -0.1) is 0 Å². The van der Waals surface area contributed by atoms with E-state index < -0.39 is 0 Å². The summed E-state index contributed by atoms with van der Waals surface area (Å²) in [7, 11) is 0. The third-order valence-corrected chi connectivity index (χ3v) is 5.89. The van der Waals surface area contributed by atoms with Crippen LogP contribution in [0.4, 0.5) is 0 Å². The minimum Gasteiger partial charge on any atom is -0.493 e. The van der Waals surface area contributed by atoms with Gasteiger partial charge in [-0.05, 0) is 49.7 Å². The SMILES string of the molecule is O=C1CCCN1C1CCN(C[C@@H]2CCOc3ccccc3C2)CC1. The summed E-state index contributed by atoms with van der Waals surface area (Å²) >= 11 is 0. The van der Waals surface area contributed by atoms with Crippen molar-refractivity contribution in [2.45, 2.75) is 44.6 Å². The van der Waals surface area contributed by atoms with Crippen molar-refractivity contribution < 1.29 is 9.53 Å². The van der Waals surface area contributed by atoms with Crippen LogP contribution in [0.25, 0.3) is 0 Å². The Morgan fingerprint density at radius 2 is 1.92 bits per heavy atom. The second-order valence-electron chi connectivity index (χ2n) is 7.54. The molecule has 2 fully saturated rings. The molecule has 0 aliphatic carbocycles. The molecule has 24 heavy (non-hydrogen) atoms. The van der Waals surface area contributed by atoms with E-state index in [1.807, 2.05) is 0 Å². The van der Waals surface area contributed by atoms with Crippen molar-refractivity contribution in [1.82, 2.24) is 9.80 Å². The summed E-state index contributed by atoms with van der Waals surface area (Å²) in [4.78, 5) is 16.7. The van der Waals surface area contributed by atoms with E-state index in [1.165, 1.54) is 12.1 Å². The highest BCUT2D eigenvalue weighted by atomic mass is 16.5. The first kappa shape index (κ1) is 15.9. The second kappa shape index (κ2) is 7.14. The lowest BCUT2D eigenvalue weighted by molar-refractivity contribution is -0.130. The van der Waals surface area contributed by atoms with Crippen molar-refractivity contribution in [2.24, 2.45) is 5.92 Å². The number of benzene rings is 1. The topological polar surface area (TPSA) is 32.8 Å². The fraction of sp³-hybridized carbons (Fsp3) is 0.650. The summed E-state index contributed by atoms with van der Waals surface area (Å²) in [6.45, 7) is 5.25. The smallest absolute Gasteiger partial charge is 0.222 e. The Bertz CT molecular complexity index is 581. The van der Waals surface area contributed by atoms with Gasteiger partial charge >= 0.3 is 0 Å². The summed E-state index contributed by atoms with van der Waals surface area (Å²) in [5.74, 6) is 2.14. The number of nitrogens with zero attached hydrogens (tertiary/aromatic N) is 2.